The molecular weight excluding hydrogens is 377 g/mol. The maximum absolute atomic E-state index is 11.8. The van der Waals surface area contributed by atoms with E-state index in [1.165, 1.54) is 7.11 Å². The molecule has 0 radical (unpaired) electrons. The molecular formula is C18H15Cl2N3O3. The van der Waals surface area contributed by atoms with E-state index in [2.05, 4.69) is 9.97 Å². The molecule has 0 amide bonds. The monoisotopic (exact) mass is 391 g/mol. The summed E-state index contributed by atoms with van der Waals surface area (Å²) >= 11 is 12.3. The molecule has 0 spiro atoms. The minimum absolute atomic E-state index is 0.0712. The van der Waals surface area contributed by atoms with Crippen LogP contribution in [0.5, 0.6) is 5.88 Å². The summed E-state index contributed by atoms with van der Waals surface area (Å²) in [4.78, 5) is 20.4. The first kappa shape index (κ1) is 18.2. The second kappa shape index (κ2) is 7.35. The Morgan fingerprint density at radius 2 is 2.08 bits per heavy atom. The normalized spacial score (nSPS) is 10.8. The number of carboxylic acids is 1. The van der Waals surface area contributed by atoms with Gasteiger partial charge in [0, 0.05) is 16.2 Å². The lowest BCUT2D eigenvalue weighted by molar-refractivity contribution is 0.0685. The van der Waals surface area contributed by atoms with E-state index in [9.17, 15) is 9.90 Å². The number of benzene rings is 1. The molecule has 2 aromatic heterocycles. The van der Waals surface area contributed by atoms with Gasteiger partial charge in [-0.2, -0.15) is 0 Å². The molecule has 134 valence electrons. The molecule has 0 saturated heterocycles. The van der Waals surface area contributed by atoms with Crippen molar-refractivity contribution in [2.75, 3.05) is 7.11 Å². The average Bonchev–Trinajstić information content (AvgIpc) is 2.94. The molecule has 2 heterocycles. The van der Waals surface area contributed by atoms with Crippen molar-refractivity contribution < 1.29 is 14.6 Å². The number of aryl methyl sites for hydroxylation is 1. The van der Waals surface area contributed by atoms with E-state index in [1.54, 1.807) is 48.0 Å². The Labute approximate surface area is 160 Å². The van der Waals surface area contributed by atoms with Crippen LogP contribution in [0, 0.1) is 6.92 Å². The molecule has 8 heteroatoms. The van der Waals surface area contributed by atoms with Crippen molar-refractivity contribution in [3.05, 3.63) is 63.5 Å². The highest BCUT2D eigenvalue weighted by atomic mass is 35.5. The van der Waals surface area contributed by atoms with Crippen LogP contribution >= 0.6 is 23.2 Å². The Morgan fingerprint density at radius 1 is 1.31 bits per heavy atom. The third kappa shape index (κ3) is 3.38. The highest BCUT2D eigenvalue weighted by Crippen LogP contribution is 2.31. The third-order valence-corrected chi connectivity index (χ3v) is 4.49. The van der Waals surface area contributed by atoms with Gasteiger partial charge in [-0.15, -0.1) is 0 Å². The fourth-order valence-corrected chi connectivity index (χ4v) is 3.13. The lowest BCUT2D eigenvalue weighted by Gasteiger charge is -2.13. The number of carboxylic acid groups (broad SMARTS) is 1. The van der Waals surface area contributed by atoms with E-state index in [4.69, 9.17) is 27.9 Å². The van der Waals surface area contributed by atoms with Crippen molar-refractivity contribution in [3.8, 4) is 17.3 Å². The zero-order valence-electron chi connectivity index (χ0n) is 14.0. The van der Waals surface area contributed by atoms with Crippen LogP contribution in [0.15, 0.2) is 36.5 Å². The summed E-state index contributed by atoms with van der Waals surface area (Å²) < 4.78 is 6.88. The van der Waals surface area contributed by atoms with Crippen molar-refractivity contribution in [2.45, 2.75) is 13.5 Å². The Hall–Kier alpha value is -2.57. The summed E-state index contributed by atoms with van der Waals surface area (Å²) in [6.07, 6.45) is 1.59. The van der Waals surface area contributed by atoms with E-state index < -0.39 is 5.97 Å². The van der Waals surface area contributed by atoms with E-state index in [1.807, 2.05) is 0 Å². The quantitative estimate of drug-likeness (QED) is 0.700. The van der Waals surface area contributed by atoms with Gasteiger partial charge in [0.25, 0.3) is 0 Å². The molecule has 0 bridgehead atoms. The van der Waals surface area contributed by atoms with E-state index >= 15 is 0 Å². The summed E-state index contributed by atoms with van der Waals surface area (Å²) in [6, 6.07) is 8.56. The van der Waals surface area contributed by atoms with Crippen LogP contribution in [-0.4, -0.2) is 32.7 Å². The van der Waals surface area contributed by atoms with Crippen LogP contribution in [-0.2, 0) is 6.54 Å². The van der Waals surface area contributed by atoms with Gasteiger partial charge in [-0.3, -0.25) is 0 Å². The second-order valence-electron chi connectivity index (χ2n) is 5.56. The average molecular weight is 392 g/mol. The maximum Gasteiger partial charge on any atom is 0.354 e. The fourth-order valence-electron chi connectivity index (χ4n) is 2.76. The summed E-state index contributed by atoms with van der Waals surface area (Å²) in [7, 11) is 1.50. The Balaban J connectivity index is 2.22. The van der Waals surface area contributed by atoms with E-state index in [0.717, 1.165) is 0 Å². The molecule has 0 unspecified atom stereocenters. The number of hydrogen-bond donors (Lipinski definition) is 1. The van der Waals surface area contributed by atoms with Crippen LogP contribution in [0.1, 0.15) is 21.7 Å². The van der Waals surface area contributed by atoms with Crippen molar-refractivity contribution in [1.82, 2.24) is 14.5 Å². The van der Waals surface area contributed by atoms with Crippen LogP contribution in [0.4, 0.5) is 0 Å². The Bertz CT molecular complexity index is 986. The van der Waals surface area contributed by atoms with Gasteiger partial charge < -0.3 is 14.4 Å². The molecule has 0 saturated carbocycles. The minimum atomic E-state index is -1.08. The number of aromatic carboxylic acids is 1. The molecule has 6 nitrogen and oxygen atoms in total. The van der Waals surface area contributed by atoms with E-state index in [-0.39, 0.29) is 12.2 Å². The number of rotatable bonds is 5. The number of pyridine rings is 1. The van der Waals surface area contributed by atoms with Crippen molar-refractivity contribution in [1.29, 1.82) is 0 Å². The maximum atomic E-state index is 11.8. The van der Waals surface area contributed by atoms with Gasteiger partial charge >= 0.3 is 5.97 Å². The topological polar surface area (TPSA) is 77.2 Å². The Morgan fingerprint density at radius 3 is 2.77 bits per heavy atom. The zero-order valence-corrected chi connectivity index (χ0v) is 15.5. The number of hydrogen-bond acceptors (Lipinski definition) is 4. The van der Waals surface area contributed by atoms with Gasteiger partial charge in [0.2, 0.25) is 5.88 Å². The van der Waals surface area contributed by atoms with Crippen molar-refractivity contribution in [2.24, 2.45) is 0 Å². The molecule has 1 aromatic carbocycles. The first-order chi connectivity index (χ1) is 12.4. The van der Waals surface area contributed by atoms with E-state index in [0.29, 0.717) is 38.6 Å². The van der Waals surface area contributed by atoms with Crippen LogP contribution < -0.4 is 4.74 Å². The fraction of sp³-hybridized carbons (Fsp3) is 0.167. The van der Waals surface area contributed by atoms with Crippen LogP contribution in [0.3, 0.4) is 0 Å². The van der Waals surface area contributed by atoms with Gasteiger partial charge in [0.15, 0.2) is 5.69 Å². The number of carbonyl (C=O) groups is 1. The number of ether oxygens (including phenoxy) is 1. The number of methoxy groups -OCH3 is 1. The molecule has 1 N–H and O–H groups in total. The van der Waals surface area contributed by atoms with Crippen LogP contribution in [0.25, 0.3) is 11.4 Å². The largest absolute Gasteiger partial charge is 0.480 e. The van der Waals surface area contributed by atoms with Gasteiger partial charge in [-0.25, -0.2) is 14.8 Å². The zero-order chi connectivity index (χ0) is 18.8. The summed E-state index contributed by atoms with van der Waals surface area (Å²) in [5.74, 6) is -0.295. The first-order valence-corrected chi connectivity index (χ1v) is 8.41. The molecule has 0 fully saturated rings. The highest BCUT2D eigenvalue weighted by Gasteiger charge is 2.24. The molecule has 0 aliphatic heterocycles. The standard InChI is InChI=1S/C18H15Cl2N3O3/c1-10-15(18(24)25)23(9-11-8-12(19)5-6-14(11)20)16(22-10)13-4-3-7-21-17(13)26-2/h3-8H,9H2,1-2H3,(H,24,25). The van der Waals surface area contributed by atoms with Gasteiger partial charge in [-0.1, -0.05) is 23.2 Å². The molecule has 26 heavy (non-hydrogen) atoms. The Kier molecular flexibility index (Phi) is 5.15. The SMILES string of the molecule is COc1ncccc1-c1nc(C)c(C(=O)O)n1Cc1cc(Cl)ccc1Cl. The first-order valence-electron chi connectivity index (χ1n) is 7.66. The lowest BCUT2D eigenvalue weighted by atomic mass is 10.2. The summed E-state index contributed by atoms with van der Waals surface area (Å²) in [6.45, 7) is 1.83. The lowest BCUT2D eigenvalue weighted by Crippen LogP contribution is -2.12. The highest BCUT2D eigenvalue weighted by molar-refractivity contribution is 6.33. The predicted molar refractivity (Wildman–Crippen MR) is 99.3 cm³/mol. The summed E-state index contributed by atoms with van der Waals surface area (Å²) in [5, 5.41) is 10.7. The minimum Gasteiger partial charge on any atom is -0.480 e. The molecule has 0 aliphatic rings. The molecule has 3 aromatic rings. The number of imidazole rings is 1. The molecule has 0 atom stereocenters. The molecule has 3 rings (SSSR count). The van der Waals surface area contributed by atoms with Crippen LogP contribution in [0.2, 0.25) is 10.0 Å². The number of aromatic nitrogens is 3. The smallest absolute Gasteiger partial charge is 0.354 e. The van der Waals surface area contributed by atoms with Gasteiger partial charge in [0.05, 0.1) is 24.9 Å². The second-order valence-corrected chi connectivity index (χ2v) is 6.40. The van der Waals surface area contributed by atoms with Gasteiger partial charge in [0.1, 0.15) is 5.82 Å². The number of halogens is 2. The van der Waals surface area contributed by atoms with Crippen molar-refractivity contribution >= 4 is 29.2 Å². The summed E-state index contributed by atoms with van der Waals surface area (Å²) in [5.41, 5.74) is 1.73. The van der Waals surface area contributed by atoms with Gasteiger partial charge in [-0.05, 0) is 42.8 Å². The predicted octanol–water partition coefficient (Wildman–Crippen LogP) is 4.32. The number of nitrogens with zero attached hydrogens (tertiary/aromatic N) is 3. The van der Waals surface area contributed by atoms with Crippen molar-refractivity contribution in [3.63, 3.8) is 0 Å². The molecule has 0 aliphatic carbocycles. The third-order valence-electron chi connectivity index (χ3n) is 3.89.